The average molecular weight is 564 g/mol. The SMILES string of the molecule is Cc1cc2c(c3c1-c1ccccc1C3)-c1ccc(N(C)c3ccc4c(c3)Cc3cc(C)c5c(c3-4)Cc3ccccc3-5)cc1C2. The fraction of sp³-hybridized carbons (Fsp3) is 0.163. The summed E-state index contributed by atoms with van der Waals surface area (Å²) in [5, 5.41) is 0. The molecule has 1 nitrogen and oxygen atoms in total. The molecule has 1 heteroatoms. The van der Waals surface area contributed by atoms with E-state index in [-0.39, 0.29) is 0 Å². The van der Waals surface area contributed by atoms with Crippen LogP contribution in [0.2, 0.25) is 0 Å². The van der Waals surface area contributed by atoms with E-state index in [1.165, 1.54) is 112 Å². The zero-order valence-corrected chi connectivity index (χ0v) is 25.5. The van der Waals surface area contributed by atoms with Crippen molar-refractivity contribution in [3.05, 3.63) is 153 Å². The van der Waals surface area contributed by atoms with Crippen molar-refractivity contribution in [2.24, 2.45) is 0 Å². The molecular formula is C43H33N. The van der Waals surface area contributed by atoms with Crippen LogP contribution in [0.3, 0.4) is 0 Å². The second-order valence-corrected chi connectivity index (χ2v) is 13.4. The van der Waals surface area contributed by atoms with Gasteiger partial charge in [-0.2, -0.15) is 0 Å². The fourth-order valence-electron chi connectivity index (χ4n) is 9.11. The first-order valence-corrected chi connectivity index (χ1v) is 16.0. The lowest BCUT2D eigenvalue weighted by atomic mass is 9.91. The minimum Gasteiger partial charge on any atom is -0.345 e. The van der Waals surface area contributed by atoms with Crippen molar-refractivity contribution in [3.8, 4) is 44.5 Å². The van der Waals surface area contributed by atoms with Crippen molar-refractivity contribution in [3.63, 3.8) is 0 Å². The minimum absolute atomic E-state index is 1.02. The molecule has 4 aliphatic rings. The Morgan fingerprint density at radius 3 is 1.32 bits per heavy atom. The average Bonchev–Trinajstić information content (AvgIpc) is 3.79. The van der Waals surface area contributed by atoms with Crippen LogP contribution in [0.5, 0.6) is 0 Å². The van der Waals surface area contributed by atoms with Crippen molar-refractivity contribution < 1.29 is 0 Å². The summed E-state index contributed by atoms with van der Waals surface area (Å²) >= 11 is 0. The Morgan fingerprint density at radius 1 is 0.409 bits per heavy atom. The van der Waals surface area contributed by atoms with Crippen molar-refractivity contribution in [1.82, 2.24) is 0 Å². The first-order chi connectivity index (χ1) is 21.5. The van der Waals surface area contributed by atoms with Crippen LogP contribution in [0.4, 0.5) is 11.4 Å². The number of fused-ring (bicyclic) bond motifs is 14. The van der Waals surface area contributed by atoms with Crippen molar-refractivity contribution in [2.45, 2.75) is 39.5 Å². The van der Waals surface area contributed by atoms with Crippen molar-refractivity contribution >= 4 is 11.4 Å². The molecule has 0 radical (unpaired) electrons. The number of hydrogen-bond acceptors (Lipinski definition) is 1. The van der Waals surface area contributed by atoms with Gasteiger partial charge in [-0.15, -0.1) is 0 Å². The van der Waals surface area contributed by atoms with E-state index in [0.29, 0.717) is 0 Å². The number of benzene rings is 6. The molecule has 0 atom stereocenters. The zero-order valence-electron chi connectivity index (χ0n) is 25.5. The maximum atomic E-state index is 2.45. The molecule has 0 saturated heterocycles. The van der Waals surface area contributed by atoms with Crippen molar-refractivity contribution in [1.29, 1.82) is 0 Å². The summed E-state index contributed by atoms with van der Waals surface area (Å²) < 4.78 is 0. The Morgan fingerprint density at radius 2 is 0.841 bits per heavy atom. The monoisotopic (exact) mass is 563 g/mol. The number of nitrogens with zero attached hydrogens (tertiary/aromatic N) is 1. The Balaban J connectivity index is 1.00. The van der Waals surface area contributed by atoms with Crippen molar-refractivity contribution in [2.75, 3.05) is 11.9 Å². The van der Waals surface area contributed by atoms with Crippen LogP contribution in [-0.4, -0.2) is 7.05 Å². The van der Waals surface area contributed by atoms with E-state index in [4.69, 9.17) is 0 Å². The third-order valence-electron chi connectivity index (χ3n) is 11.0. The smallest absolute Gasteiger partial charge is 0.0411 e. The van der Waals surface area contributed by atoms with Gasteiger partial charge in [0.15, 0.2) is 0 Å². The predicted octanol–water partition coefficient (Wildman–Crippen LogP) is 10.4. The molecule has 0 unspecified atom stereocenters. The van der Waals surface area contributed by atoms with Gasteiger partial charge in [-0.25, -0.2) is 0 Å². The summed E-state index contributed by atoms with van der Waals surface area (Å²) in [4.78, 5) is 2.38. The standard InChI is InChI=1S/C43H33N/c1-24-16-30-18-28-20-32(12-14-36(28)42(30)38-22-26-8-4-6-10-34(26)40(24)38)44(3)33-13-15-37-29(21-33)19-31-17-25(2)41-35-11-7-5-9-27(35)23-39(41)43(31)37/h4-17,20-21H,18-19,22-23H2,1-3H3. The molecule has 0 aromatic heterocycles. The molecule has 0 spiro atoms. The van der Waals surface area contributed by atoms with Gasteiger partial charge in [0, 0.05) is 18.4 Å². The van der Waals surface area contributed by atoms with Gasteiger partial charge in [-0.1, -0.05) is 72.8 Å². The van der Waals surface area contributed by atoms with E-state index < -0.39 is 0 Å². The normalized spacial score (nSPS) is 13.9. The summed E-state index contributed by atoms with van der Waals surface area (Å²) in [6.45, 7) is 4.59. The molecule has 10 rings (SSSR count). The highest BCUT2D eigenvalue weighted by molar-refractivity contribution is 5.94. The number of anilines is 2. The van der Waals surface area contributed by atoms with E-state index in [1.807, 2.05) is 0 Å². The molecular weight excluding hydrogens is 530 g/mol. The van der Waals surface area contributed by atoms with Crippen LogP contribution in [0, 0.1) is 13.8 Å². The molecule has 0 heterocycles. The van der Waals surface area contributed by atoms with Gasteiger partial charge in [0.25, 0.3) is 0 Å². The molecule has 6 aromatic carbocycles. The molecule has 0 bridgehead atoms. The zero-order chi connectivity index (χ0) is 29.3. The van der Waals surface area contributed by atoms with Gasteiger partial charge in [0.05, 0.1) is 0 Å². The fourth-order valence-corrected chi connectivity index (χ4v) is 9.11. The Hall–Kier alpha value is -4.88. The summed E-state index contributed by atoms with van der Waals surface area (Å²) in [5.41, 5.74) is 28.9. The summed E-state index contributed by atoms with van der Waals surface area (Å²) in [5.74, 6) is 0. The van der Waals surface area contributed by atoms with Gasteiger partial charge in [-0.3, -0.25) is 0 Å². The van der Waals surface area contributed by atoms with Crippen LogP contribution in [0.25, 0.3) is 44.5 Å². The van der Waals surface area contributed by atoms with E-state index in [0.717, 1.165) is 25.7 Å². The van der Waals surface area contributed by atoms with Gasteiger partial charge < -0.3 is 4.90 Å². The third-order valence-corrected chi connectivity index (χ3v) is 11.0. The van der Waals surface area contributed by atoms with Crippen LogP contribution in [0.1, 0.15) is 55.6 Å². The summed E-state index contributed by atoms with van der Waals surface area (Å²) in [6, 6.07) is 37.2. The van der Waals surface area contributed by atoms with Crippen LogP contribution in [0.15, 0.2) is 97.1 Å². The Labute approximate surface area is 259 Å². The molecule has 0 amide bonds. The van der Waals surface area contributed by atoms with Gasteiger partial charge in [-0.05, 0) is 164 Å². The van der Waals surface area contributed by atoms with E-state index in [1.54, 1.807) is 0 Å². The van der Waals surface area contributed by atoms with E-state index in [9.17, 15) is 0 Å². The first kappa shape index (κ1) is 24.6. The van der Waals surface area contributed by atoms with Crippen LogP contribution >= 0.6 is 0 Å². The quantitative estimate of drug-likeness (QED) is 0.202. The molecule has 0 N–H and O–H groups in total. The van der Waals surface area contributed by atoms with Crippen LogP contribution < -0.4 is 4.90 Å². The van der Waals surface area contributed by atoms with Gasteiger partial charge in [0.2, 0.25) is 0 Å². The summed E-state index contributed by atoms with van der Waals surface area (Å²) in [7, 11) is 2.23. The molecule has 0 aliphatic heterocycles. The lowest BCUT2D eigenvalue weighted by molar-refractivity contribution is 1.17. The van der Waals surface area contributed by atoms with Crippen LogP contribution in [-0.2, 0) is 25.7 Å². The highest BCUT2D eigenvalue weighted by Gasteiger charge is 2.32. The molecule has 44 heavy (non-hydrogen) atoms. The van der Waals surface area contributed by atoms with E-state index >= 15 is 0 Å². The topological polar surface area (TPSA) is 3.24 Å². The number of rotatable bonds is 2. The largest absolute Gasteiger partial charge is 0.345 e. The lowest BCUT2D eigenvalue weighted by Gasteiger charge is -2.22. The molecule has 210 valence electrons. The summed E-state index contributed by atoms with van der Waals surface area (Å²) in [6.07, 6.45) is 4.12. The molecule has 0 saturated carbocycles. The highest BCUT2D eigenvalue weighted by Crippen LogP contribution is 2.51. The third kappa shape index (κ3) is 3.19. The molecule has 0 fully saturated rings. The molecule has 4 aliphatic carbocycles. The lowest BCUT2D eigenvalue weighted by Crippen LogP contribution is -2.10. The second-order valence-electron chi connectivity index (χ2n) is 13.4. The van der Waals surface area contributed by atoms with Gasteiger partial charge in [0.1, 0.15) is 0 Å². The predicted molar refractivity (Wildman–Crippen MR) is 183 cm³/mol. The van der Waals surface area contributed by atoms with Gasteiger partial charge >= 0.3 is 0 Å². The number of hydrogen-bond donors (Lipinski definition) is 0. The maximum Gasteiger partial charge on any atom is 0.0411 e. The Bertz CT molecular complexity index is 2100. The first-order valence-electron chi connectivity index (χ1n) is 16.0. The highest BCUT2D eigenvalue weighted by atomic mass is 15.1. The Kier molecular flexibility index (Phi) is 4.80. The van der Waals surface area contributed by atoms with E-state index in [2.05, 4.69) is 123 Å². The second kappa shape index (κ2) is 8.61. The minimum atomic E-state index is 1.02. The number of aryl methyl sites for hydroxylation is 2. The molecule has 6 aromatic rings. The maximum absolute atomic E-state index is 2.45.